The Labute approximate surface area is 159 Å². The summed E-state index contributed by atoms with van der Waals surface area (Å²) in [6.45, 7) is 3.17. The molecular formula is C18H26N4O4S. The molecule has 0 spiro atoms. The maximum Gasteiger partial charge on any atom is 0.289 e. The van der Waals surface area contributed by atoms with Gasteiger partial charge in [0.1, 0.15) is 0 Å². The van der Waals surface area contributed by atoms with Gasteiger partial charge in [-0.05, 0) is 37.3 Å². The standard InChI is InChI=1S/C18H26N4O4S/c23-17(16-2-1-10-26-16)21-6-8-22(9-7-21)18(20-15-3-4-15)19-12-14-5-11-27(24,25)13-14/h1-2,10,14-15H,3-9,11-13H2,(H,19,20). The van der Waals surface area contributed by atoms with Crippen molar-refractivity contribution >= 4 is 21.7 Å². The number of carbonyl (C=O) groups excluding carboxylic acids is 1. The number of carbonyl (C=O) groups is 1. The minimum Gasteiger partial charge on any atom is -0.459 e. The van der Waals surface area contributed by atoms with E-state index >= 15 is 0 Å². The van der Waals surface area contributed by atoms with Gasteiger partial charge >= 0.3 is 0 Å². The van der Waals surface area contributed by atoms with Crippen LogP contribution in [0.25, 0.3) is 0 Å². The van der Waals surface area contributed by atoms with Crippen molar-refractivity contribution < 1.29 is 17.6 Å². The molecule has 3 heterocycles. The fourth-order valence-corrected chi connectivity index (χ4v) is 5.41. The van der Waals surface area contributed by atoms with E-state index in [1.807, 2.05) is 0 Å². The number of rotatable bonds is 4. The van der Waals surface area contributed by atoms with E-state index in [2.05, 4.69) is 10.2 Å². The zero-order valence-electron chi connectivity index (χ0n) is 15.3. The molecule has 4 rings (SSSR count). The molecule has 1 atom stereocenters. The summed E-state index contributed by atoms with van der Waals surface area (Å²) < 4.78 is 28.5. The highest BCUT2D eigenvalue weighted by Gasteiger charge is 2.31. The van der Waals surface area contributed by atoms with Crippen LogP contribution in [-0.4, -0.2) is 80.4 Å². The molecule has 148 valence electrons. The number of furan rings is 1. The van der Waals surface area contributed by atoms with Gasteiger partial charge < -0.3 is 19.5 Å². The number of amides is 1. The van der Waals surface area contributed by atoms with E-state index in [1.54, 1.807) is 17.0 Å². The van der Waals surface area contributed by atoms with Gasteiger partial charge in [-0.15, -0.1) is 0 Å². The highest BCUT2D eigenvalue weighted by atomic mass is 32.2. The monoisotopic (exact) mass is 394 g/mol. The van der Waals surface area contributed by atoms with Crippen LogP contribution in [0, 0.1) is 5.92 Å². The van der Waals surface area contributed by atoms with Crippen molar-refractivity contribution in [3.05, 3.63) is 24.2 Å². The molecule has 0 radical (unpaired) electrons. The molecule has 0 aromatic carbocycles. The van der Waals surface area contributed by atoms with Gasteiger partial charge in [0.2, 0.25) is 0 Å². The molecule has 8 nitrogen and oxygen atoms in total. The SMILES string of the molecule is O=C(c1ccco1)N1CCN(C(=NCC2CCS(=O)(=O)C2)NC2CC2)CC1. The lowest BCUT2D eigenvalue weighted by Crippen LogP contribution is -2.54. The minimum atomic E-state index is -2.87. The Kier molecular flexibility index (Phi) is 5.12. The van der Waals surface area contributed by atoms with Gasteiger partial charge in [-0.3, -0.25) is 9.79 Å². The van der Waals surface area contributed by atoms with E-state index in [-0.39, 0.29) is 23.3 Å². The van der Waals surface area contributed by atoms with Crippen LogP contribution >= 0.6 is 0 Å². The van der Waals surface area contributed by atoms with Crippen LogP contribution in [-0.2, 0) is 9.84 Å². The van der Waals surface area contributed by atoms with Crippen molar-refractivity contribution in [2.45, 2.75) is 25.3 Å². The van der Waals surface area contributed by atoms with Crippen LogP contribution in [0.1, 0.15) is 29.8 Å². The smallest absolute Gasteiger partial charge is 0.289 e. The molecule has 1 amide bonds. The predicted octanol–water partition coefficient (Wildman–Crippen LogP) is 0.580. The highest BCUT2D eigenvalue weighted by molar-refractivity contribution is 7.91. The van der Waals surface area contributed by atoms with E-state index in [0.717, 1.165) is 18.8 Å². The number of nitrogens with one attached hydrogen (secondary N) is 1. The van der Waals surface area contributed by atoms with Gasteiger partial charge in [0.25, 0.3) is 5.91 Å². The number of aliphatic imine (C=N–C) groups is 1. The zero-order valence-corrected chi connectivity index (χ0v) is 16.2. The van der Waals surface area contributed by atoms with Gasteiger partial charge in [-0.1, -0.05) is 0 Å². The summed E-state index contributed by atoms with van der Waals surface area (Å²) in [7, 11) is -2.87. The quantitative estimate of drug-likeness (QED) is 0.593. The van der Waals surface area contributed by atoms with Gasteiger partial charge in [-0.25, -0.2) is 8.42 Å². The number of guanidine groups is 1. The van der Waals surface area contributed by atoms with Gasteiger partial charge in [0.05, 0.1) is 17.8 Å². The summed E-state index contributed by atoms with van der Waals surface area (Å²) in [5.74, 6) is 1.80. The first-order chi connectivity index (χ1) is 13.0. The normalized spacial score (nSPS) is 25.6. The lowest BCUT2D eigenvalue weighted by molar-refractivity contribution is 0.0657. The third kappa shape index (κ3) is 4.63. The molecule has 1 aromatic heterocycles. The topological polar surface area (TPSA) is 95.2 Å². The molecule has 1 N–H and O–H groups in total. The fourth-order valence-electron chi connectivity index (χ4n) is 3.56. The maximum absolute atomic E-state index is 12.4. The van der Waals surface area contributed by atoms with Crippen LogP contribution < -0.4 is 5.32 Å². The predicted molar refractivity (Wildman–Crippen MR) is 101 cm³/mol. The average Bonchev–Trinajstić information content (AvgIpc) is 3.16. The number of hydrogen-bond donors (Lipinski definition) is 1. The van der Waals surface area contributed by atoms with E-state index in [0.29, 0.717) is 50.9 Å². The fraction of sp³-hybridized carbons (Fsp3) is 0.667. The van der Waals surface area contributed by atoms with Gasteiger partial charge in [0.15, 0.2) is 21.6 Å². The highest BCUT2D eigenvalue weighted by Crippen LogP contribution is 2.21. The molecule has 3 fully saturated rings. The maximum atomic E-state index is 12.4. The Bertz CT molecular complexity index is 793. The van der Waals surface area contributed by atoms with Crippen molar-refractivity contribution in [1.82, 2.24) is 15.1 Å². The summed E-state index contributed by atoms with van der Waals surface area (Å²) in [5, 5.41) is 3.48. The Morgan fingerprint density at radius 3 is 2.52 bits per heavy atom. The Hall–Kier alpha value is -2.03. The van der Waals surface area contributed by atoms with E-state index in [4.69, 9.17) is 9.41 Å². The molecule has 2 aliphatic heterocycles. The van der Waals surface area contributed by atoms with Crippen LogP contribution in [0.3, 0.4) is 0 Å². The summed E-state index contributed by atoms with van der Waals surface area (Å²) in [5.41, 5.74) is 0. The van der Waals surface area contributed by atoms with Gasteiger partial charge in [-0.2, -0.15) is 0 Å². The first-order valence-electron chi connectivity index (χ1n) is 9.59. The first-order valence-corrected chi connectivity index (χ1v) is 11.4. The van der Waals surface area contributed by atoms with Crippen LogP contribution in [0.4, 0.5) is 0 Å². The number of piperazine rings is 1. The molecular weight excluding hydrogens is 368 g/mol. The number of nitrogens with zero attached hydrogens (tertiary/aromatic N) is 3. The Morgan fingerprint density at radius 1 is 1.19 bits per heavy atom. The second kappa shape index (κ2) is 7.53. The molecule has 2 saturated heterocycles. The van der Waals surface area contributed by atoms with Crippen LogP contribution in [0.15, 0.2) is 27.8 Å². The molecule has 3 aliphatic rings. The summed E-state index contributed by atoms with van der Waals surface area (Å²) in [6, 6.07) is 3.88. The van der Waals surface area contributed by atoms with E-state index < -0.39 is 9.84 Å². The Balaban J connectivity index is 1.35. The third-order valence-electron chi connectivity index (χ3n) is 5.33. The van der Waals surface area contributed by atoms with Crippen LogP contribution in [0.2, 0.25) is 0 Å². The van der Waals surface area contributed by atoms with E-state index in [9.17, 15) is 13.2 Å². The summed E-state index contributed by atoms with van der Waals surface area (Å²) in [4.78, 5) is 21.1. The summed E-state index contributed by atoms with van der Waals surface area (Å²) in [6.07, 6.45) is 4.51. The lowest BCUT2D eigenvalue weighted by Gasteiger charge is -2.36. The molecule has 1 unspecified atom stereocenters. The minimum absolute atomic E-state index is 0.0792. The Morgan fingerprint density at radius 2 is 1.93 bits per heavy atom. The number of sulfone groups is 1. The van der Waals surface area contributed by atoms with Crippen molar-refractivity contribution in [3.8, 4) is 0 Å². The van der Waals surface area contributed by atoms with Gasteiger partial charge in [0, 0.05) is 38.8 Å². The lowest BCUT2D eigenvalue weighted by atomic mass is 10.1. The first kappa shape index (κ1) is 18.3. The van der Waals surface area contributed by atoms with Crippen molar-refractivity contribution in [3.63, 3.8) is 0 Å². The van der Waals surface area contributed by atoms with Crippen LogP contribution in [0.5, 0.6) is 0 Å². The second-order valence-electron chi connectivity index (χ2n) is 7.61. The molecule has 9 heteroatoms. The molecule has 1 aliphatic carbocycles. The summed E-state index contributed by atoms with van der Waals surface area (Å²) >= 11 is 0. The number of hydrogen-bond acceptors (Lipinski definition) is 5. The van der Waals surface area contributed by atoms with Crippen molar-refractivity contribution in [2.24, 2.45) is 10.9 Å². The molecule has 0 bridgehead atoms. The second-order valence-corrected chi connectivity index (χ2v) is 9.84. The average molecular weight is 394 g/mol. The molecule has 1 saturated carbocycles. The van der Waals surface area contributed by atoms with E-state index in [1.165, 1.54) is 6.26 Å². The zero-order chi connectivity index (χ0) is 18.9. The van der Waals surface area contributed by atoms with Crippen molar-refractivity contribution in [2.75, 3.05) is 44.2 Å². The molecule has 27 heavy (non-hydrogen) atoms. The third-order valence-corrected chi connectivity index (χ3v) is 7.17. The van der Waals surface area contributed by atoms with Crippen molar-refractivity contribution in [1.29, 1.82) is 0 Å². The largest absolute Gasteiger partial charge is 0.459 e. The molecule has 1 aromatic rings.